The lowest BCUT2D eigenvalue weighted by molar-refractivity contribution is 0.0342. The third-order valence-corrected chi connectivity index (χ3v) is 4.39. The van der Waals surface area contributed by atoms with Gasteiger partial charge in [0.2, 0.25) is 0 Å². The number of benzene rings is 1. The summed E-state index contributed by atoms with van der Waals surface area (Å²) in [5.41, 5.74) is 3.29. The SMILES string of the molecule is Cc1c[nH]c2nccc(Oc3ccc(CN4CCOCC4)cc3)c12. The number of nitrogens with one attached hydrogen (secondary N) is 1. The van der Waals surface area contributed by atoms with Crippen LogP contribution in [0.2, 0.25) is 0 Å². The molecule has 1 aliphatic rings. The van der Waals surface area contributed by atoms with Gasteiger partial charge in [-0.1, -0.05) is 12.1 Å². The van der Waals surface area contributed by atoms with Gasteiger partial charge in [0.05, 0.1) is 18.6 Å². The van der Waals surface area contributed by atoms with Crippen molar-refractivity contribution in [3.05, 3.63) is 53.9 Å². The molecular formula is C19H21N3O2. The molecule has 0 saturated carbocycles. The molecule has 1 saturated heterocycles. The van der Waals surface area contributed by atoms with E-state index in [9.17, 15) is 0 Å². The van der Waals surface area contributed by atoms with Gasteiger partial charge in [-0.25, -0.2) is 4.98 Å². The van der Waals surface area contributed by atoms with Gasteiger partial charge in [-0.15, -0.1) is 0 Å². The second-order valence-electron chi connectivity index (χ2n) is 6.14. The molecule has 5 nitrogen and oxygen atoms in total. The molecule has 2 aromatic heterocycles. The summed E-state index contributed by atoms with van der Waals surface area (Å²) in [6, 6.07) is 10.2. The van der Waals surface area contributed by atoms with Crippen molar-refractivity contribution in [3.63, 3.8) is 0 Å². The maximum absolute atomic E-state index is 6.08. The van der Waals surface area contributed by atoms with E-state index in [1.54, 1.807) is 6.20 Å². The lowest BCUT2D eigenvalue weighted by Crippen LogP contribution is -2.35. The summed E-state index contributed by atoms with van der Waals surface area (Å²) in [5, 5.41) is 1.04. The Hall–Kier alpha value is -2.37. The van der Waals surface area contributed by atoms with Crippen molar-refractivity contribution >= 4 is 11.0 Å². The number of ether oxygens (including phenoxy) is 2. The van der Waals surface area contributed by atoms with E-state index < -0.39 is 0 Å². The zero-order valence-electron chi connectivity index (χ0n) is 13.8. The van der Waals surface area contributed by atoms with Crippen molar-refractivity contribution in [2.45, 2.75) is 13.5 Å². The summed E-state index contributed by atoms with van der Waals surface area (Å²) >= 11 is 0. The molecule has 3 aromatic rings. The van der Waals surface area contributed by atoms with E-state index in [1.807, 2.05) is 24.4 Å². The van der Waals surface area contributed by atoms with Gasteiger partial charge < -0.3 is 14.5 Å². The van der Waals surface area contributed by atoms with Gasteiger partial charge in [0.25, 0.3) is 0 Å². The van der Waals surface area contributed by atoms with Gasteiger partial charge in [0.15, 0.2) is 0 Å². The molecule has 24 heavy (non-hydrogen) atoms. The minimum atomic E-state index is 0.829. The van der Waals surface area contributed by atoms with Crippen LogP contribution in [0.5, 0.6) is 11.5 Å². The maximum atomic E-state index is 6.08. The Bertz CT molecular complexity index is 820. The molecule has 1 fully saturated rings. The number of fused-ring (bicyclic) bond motifs is 1. The Labute approximate surface area is 141 Å². The Morgan fingerprint density at radius 2 is 1.96 bits per heavy atom. The lowest BCUT2D eigenvalue weighted by atomic mass is 10.2. The van der Waals surface area contributed by atoms with E-state index in [1.165, 1.54) is 5.56 Å². The Balaban J connectivity index is 1.49. The standard InChI is InChI=1S/C19H21N3O2/c1-14-12-21-19-18(14)17(6-7-20-19)24-16-4-2-15(3-5-16)13-22-8-10-23-11-9-22/h2-7,12H,8-11,13H2,1H3,(H,20,21). The summed E-state index contributed by atoms with van der Waals surface area (Å²) in [4.78, 5) is 9.91. The van der Waals surface area contributed by atoms with Crippen molar-refractivity contribution in [1.29, 1.82) is 0 Å². The van der Waals surface area contributed by atoms with Crippen LogP contribution in [0.25, 0.3) is 11.0 Å². The third-order valence-electron chi connectivity index (χ3n) is 4.39. The molecule has 0 spiro atoms. The smallest absolute Gasteiger partial charge is 0.141 e. The molecular weight excluding hydrogens is 302 g/mol. The van der Waals surface area contributed by atoms with Crippen molar-refractivity contribution in [2.75, 3.05) is 26.3 Å². The first-order valence-electron chi connectivity index (χ1n) is 8.29. The van der Waals surface area contributed by atoms with E-state index in [2.05, 4.69) is 33.9 Å². The van der Waals surface area contributed by atoms with Crippen LogP contribution in [0, 0.1) is 6.92 Å². The molecule has 1 aromatic carbocycles. The van der Waals surface area contributed by atoms with Gasteiger partial charge in [0.1, 0.15) is 17.1 Å². The topological polar surface area (TPSA) is 50.4 Å². The summed E-state index contributed by atoms with van der Waals surface area (Å²) in [6.45, 7) is 6.67. The minimum absolute atomic E-state index is 0.829. The largest absolute Gasteiger partial charge is 0.457 e. The molecule has 1 N–H and O–H groups in total. The average Bonchev–Trinajstić information content (AvgIpc) is 3.00. The number of aromatic amines is 1. The number of hydrogen-bond donors (Lipinski definition) is 1. The predicted molar refractivity (Wildman–Crippen MR) is 93.4 cm³/mol. The van der Waals surface area contributed by atoms with E-state index in [0.29, 0.717) is 0 Å². The van der Waals surface area contributed by atoms with Crippen molar-refractivity contribution in [3.8, 4) is 11.5 Å². The lowest BCUT2D eigenvalue weighted by Gasteiger charge is -2.26. The molecule has 0 unspecified atom stereocenters. The molecule has 0 amide bonds. The number of H-pyrrole nitrogens is 1. The second kappa shape index (κ2) is 6.63. The van der Waals surface area contributed by atoms with Crippen LogP contribution in [-0.2, 0) is 11.3 Å². The second-order valence-corrected chi connectivity index (χ2v) is 6.14. The monoisotopic (exact) mass is 323 g/mol. The fraction of sp³-hybridized carbons (Fsp3) is 0.316. The van der Waals surface area contributed by atoms with Crippen molar-refractivity contribution in [1.82, 2.24) is 14.9 Å². The molecule has 0 atom stereocenters. The van der Waals surface area contributed by atoms with Crippen LogP contribution in [0.4, 0.5) is 0 Å². The molecule has 3 heterocycles. The van der Waals surface area contributed by atoms with Gasteiger partial charge in [-0.2, -0.15) is 0 Å². The zero-order valence-corrected chi connectivity index (χ0v) is 13.8. The molecule has 5 heteroatoms. The van der Waals surface area contributed by atoms with Gasteiger partial charge in [-0.05, 0) is 36.2 Å². The Morgan fingerprint density at radius 3 is 2.75 bits per heavy atom. The number of aromatic nitrogens is 2. The summed E-state index contributed by atoms with van der Waals surface area (Å²) in [7, 11) is 0. The summed E-state index contributed by atoms with van der Waals surface area (Å²) in [6.07, 6.45) is 3.72. The number of pyridine rings is 1. The summed E-state index contributed by atoms with van der Waals surface area (Å²) in [5.74, 6) is 1.67. The van der Waals surface area contributed by atoms with Crippen LogP contribution in [0.1, 0.15) is 11.1 Å². The van der Waals surface area contributed by atoms with Gasteiger partial charge in [-0.3, -0.25) is 4.90 Å². The molecule has 0 aliphatic carbocycles. The van der Waals surface area contributed by atoms with E-state index in [4.69, 9.17) is 9.47 Å². The normalized spacial score (nSPS) is 15.7. The minimum Gasteiger partial charge on any atom is -0.457 e. The quantitative estimate of drug-likeness (QED) is 0.798. The molecule has 4 rings (SSSR count). The highest BCUT2D eigenvalue weighted by atomic mass is 16.5. The zero-order chi connectivity index (χ0) is 16.4. The number of hydrogen-bond acceptors (Lipinski definition) is 4. The maximum Gasteiger partial charge on any atom is 0.141 e. The van der Waals surface area contributed by atoms with E-state index >= 15 is 0 Å². The molecule has 1 aliphatic heterocycles. The van der Waals surface area contributed by atoms with Crippen LogP contribution in [0.3, 0.4) is 0 Å². The third kappa shape index (κ3) is 3.13. The highest BCUT2D eigenvalue weighted by molar-refractivity contribution is 5.86. The van der Waals surface area contributed by atoms with Crippen LogP contribution in [0.15, 0.2) is 42.7 Å². The van der Waals surface area contributed by atoms with Gasteiger partial charge in [0, 0.05) is 32.0 Å². The van der Waals surface area contributed by atoms with Gasteiger partial charge >= 0.3 is 0 Å². The highest BCUT2D eigenvalue weighted by Gasteiger charge is 2.11. The number of morpholine rings is 1. The Morgan fingerprint density at radius 1 is 1.17 bits per heavy atom. The first-order chi connectivity index (χ1) is 11.8. The fourth-order valence-electron chi connectivity index (χ4n) is 3.08. The summed E-state index contributed by atoms with van der Waals surface area (Å²) < 4.78 is 11.5. The van der Waals surface area contributed by atoms with Crippen molar-refractivity contribution < 1.29 is 9.47 Å². The van der Waals surface area contributed by atoms with Crippen molar-refractivity contribution in [2.24, 2.45) is 0 Å². The molecule has 124 valence electrons. The fourth-order valence-corrected chi connectivity index (χ4v) is 3.08. The van der Waals surface area contributed by atoms with Crippen LogP contribution in [-0.4, -0.2) is 41.2 Å². The molecule has 0 bridgehead atoms. The number of aryl methyl sites for hydroxylation is 1. The van der Waals surface area contributed by atoms with E-state index in [0.717, 1.165) is 60.9 Å². The number of nitrogens with zero attached hydrogens (tertiary/aromatic N) is 2. The number of rotatable bonds is 4. The first-order valence-corrected chi connectivity index (χ1v) is 8.29. The first kappa shape index (κ1) is 15.2. The Kier molecular flexibility index (Phi) is 4.19. The average molecular weight is 323 g/mol. The molecule has 0 radical (unpaired) electrons. The van der Waals surface area contributed by atoms with Crippen LogP contribution >= 0.6 is 0 Å². The van der Waals surface area contributed by atoms with E-state index in [-0.39, 0.29) is 0 Å². The highest BCUT2D eigenvalue weighted by Crippen LogP contribution is 2.30. The predicted octanol–water partition coefficient (Wildman–Crippen LogP) is 3.50. The van der Waals surface area contributed by atoms with Crippen LogP contribution < -0.4 is 4.74 Å².